The van der Waals surface area contributed by atoms with Gasteiger partial charge in [0.1, 0.15) is 0 Å². The van der Waals surface area contributed by atoms with Gasteiger partial charge in [-0.25, -0.2) is 13.1 Å². The molecule has 0 aromatic heterocycles. The maximum atomic E-state index is 12.7. The van der Waals surface area contributed by atoms with Gasteiger partial charge < -0.3 is 10.2 Å². The Balaban J connectivity index is 1.29. The summed E-state index contributed by atoms with van der Waals surface area (Å²) in [6, 6.07) is 16.1. The summed E-state index contributed by atoms with van der Waals surface area (Å²) in [6.07, 6.45) is 6.39. The molecule has 176 valence electrons. The lowest BCUT2D eigenvalue weighted by molar-refractivity contribution is -0.130. The van der Waals surface area contributed by atoms with Gasteiger partial charge >= 0.3 is 0 Å². The molecular weight excluding hydrogens is 438 g/mol. The minimum atomic E-state index is -3.63. The van der Waals surface area contributed by atoms with Gasteiger partial charge in [0.05, 0.1) is 10.8 Å². The molecular formula is C25H31N3O4S. The zero-order chi connectivity index (χ0) is 23.3. The fourth-order valence-electron chi connectivity index (χ4n) is 4.67. The lowest BCUT2D eigenvalue weighted by Crippen LogP contribution is -2.38. The van der Waals surface area contributed by atoms with Crippen LogP contribution < -0.4 is 10.0 Å². The molecule has 1 atom stereocenters. The van der Waals surface area contributed by atoms with Crippen LogP contribution >= 0.6 is 0 Å². The van der Waals surface area contributed by atoms with Crippen molar-refractivity contribution in [2.75, 3.05) is 18.4 Å². The minimum Gasteiger partial charge on any atom is -0.339 e. The third-order valence-electron chi connectivity index (χ3n) is 6.53. The molecule has 0 spiro atoms. The van der Waals surface area contributed by atoms with E-state index in [4.69, 9.17) is 0 Å². The van der Waals surface area contributed by atoms with Crippen LogP contribution in [0.5, 0.6) is 0 Å². The summed E-state index contributed by atoms with van der Waals surface area (Å²) < 4.78 is 27.7. The molecule has 8 heteroatoms. The van der Waals surface area contributed by atoms with Crippen molar-refractivity contribution in [3.8, 4) is 0 Å². The zero-order valence-electron chi connectivity index (χ0n) is 18.7. The molecule has 4 rings (SSSR count). The number of hydrogen-bond acceptors (Lipinski definition) is 4. The molecule has 0 unspecified atom stereocenters. The number of sulfonamides is 1. The normalized spacial score (nSPS) is 19.6. The maximum absolute atomic E-state index is 12.7. The maximum Gasteiger partial charge on any atom is 0.240 e. The first-order valence-electron chi connectivity index (χ1n) is 11.7. The van der Waals surface area contributed by atoms with Crippen molar-refractivity contribution in [3.63, 3.8) is 0 Å². The van der Waals surface area contributed by atoms with Crippen LogP contribution in [0, 0.1) is 5.92 Å². The third kappa shape index (κ3) is 6.00. The Bertz CT molecular complexity index is 1060. The van der Waals surface area contributed by atoms with Gasteiger partial charge in [0.25, 0.3) is 0 Å². The van der Waals surface area contributed by atoms with Crippen LogP contribution in [0.25, 0.3) is 0 Å². The Kier molecular flexibility index (Phi) is 7.45. The summed E-state index contributed by atoms with van der Waals surface area (Å²) in [7, 11) is -3.63. The molecule has 1 heterocycles. The smallest absolute Gasteiger partial charge is 0.240 e. The summed E-state index contributed by atoms with van der Waals surface area (Å²) in [5.41, 5.74) is 1.58. The van der Waals surface area contributed by atoms with E-state index in [1.807, 2.05) is 35.2 Å². The van der Waals surface area contributed by atoms with Gasteiger partial charge in [0, 0.05) is 31.2 Å². The number of carbonyl (C=O) groups excluding carboxylic acids is 2. The molecule has 7 nitrogen and oxygen atoms in total. The summed E-state index contributed by atoms with van der Waals surface area (Å²) in [4.78, 5) is 27.2. The number of hydrogen-bond donors (Lipinski definition) is 2. The molecule has 2 amide bonds. The predicted octanol–water partition coefficient (Wildman–Crippen LogP) is 3.33. The van der Waals surface area contributed by atoms with Gasteiger partial charge in [0.2, 0.25) is 21.8 Å². The van der Waals surface area contributed by atoms with Gasteiger partial charge in [-0.05, 0) is 49.1 Å². The highest BCUT2D eigenvalue weighted by molar-refractivity contribution is 7.89. The second kappa shape index (κ2) is 10.5. The van der Waals surface area contributed by atoms with E-state index >= 15 is 0 Å². The van der Waals surface area contributed by atoms with Crippen molar-refractivity contribution in [1.29, 1.82) is 0 Å². The monoisotopic (exact) mass is 469 g/mol. The molecule has 1 saturated heterocycles. The SMILES string of the molecule is O=C(Nc1ccc(S(=O)(=O)NCCc2ccccc2)cc1)[C@H]1CC(=O)N(C2CCCCC2)C1. The standard InChI is InChI=1S/C25H31N3O4S/c29-24-17-20(18-28(24)22-9-5-2-6-10-22)25(30)27-21-11-13-23(14-12-21)33(31,32)26-16-15-19-7-3-1-4-8-19/h1,3-4,7-8,11-14,20,22,26H,2,5-6,9-10,15-18H2,(H,27,30)/t20-/m0/s1. The average molecular weight is 470 g/mol. The van der Waals surface area contributed by atoms with Crippen LogP contribution in [0.1, 0.15) is 44.1 Å². The van der Waals surface area contributed by atoms with E-state index in [1.165, 1.54) is 18.6 Å². The molecule has 2 fully saturated rings. The molecule has 2 aromatic rings. The van der Waals surface area contributed by atoms with E-state index in [0.29, 0.717) is 25.2 Å². The first kappa shape index (κ1) is 23.4. The topological polar surface area (TPSA) is 95.6 Å². The van der Waals surface area contributed by atoms with Crippen molar-refractivity contribution in [3.05, 3.63) is 60.2 Å². The van der Waals surface area contributed by atoms with E-state index in [0.717, 1.165) is 31.2 Å². The van der Waals surface area contributed by atoms with Crippen molar-refractivity contribution in [2.45, 2.75) is 55.9 Å². The number of benzene rings is 2. The zero-order valence-corrected chi connectivity index (χ0v) is 19.5. The highest BCUT2D eigenvalue weighted by Crippen LogP contribution is 2.29. The van der Waals surface area contributed by atoms with Gasteiger partial charge in [0.15, 0.2) is 0 Å². The van der Waals surface area contributed by atoms with Crippen molar-refractivity contribution >= 4 is 27.5 Å². The fraction of sp³-hybridized carbons (Fsp3) is 0.440. The van der Waals surface area contributed by atoms with Gasteiger partial charge in [-0.2, -0.15) is 0 Å². The Labute approximate surface area is 195 Å². The molecule has 1 saturated carbocycles. The first-order valence-corrected chi connectivity index (χ1v) is 13.1. The highest BCUT2D eigenvalue weighted by Gasteiger charge is 2.38. The van der Waals surface area contributed by atoms with Crippen LogP contribution in [-0.2, 0) is 26.0 Å². The summed E-state index contributed by atoms with van der Waals surface area (Å²) >= 11 is 0. The predicted molar refractivity (Wildman–Crippen MR) is 127 cm³/mol. The average Bonchev–Trinajstić information content (AvgIpc) is 3.22. The Morgan fingerprint density at radius 3 is 2.36 bits per heavy atom. The number of carbonyl (C=O) groups is 2. The molecule has 1 aliphatic carbocycles. The number of nitrogens with zero attached hydrogens (tertiary/aromatic N) is 1. The van der Waals surface area contributed by atoms with Crippen molar-refractivity contribution < 1.29 is 18.0 Å². The number of anilines is 1. The Hall–Kier alpha value is -2.71. The molecule has 2 aliphatic rings. The Morgan fingerprint density at radius 2 is 1.67 bits per heavy atom. The second-order valence-electron chi connectivity index (χ2n) is 8.89. The van der Waals surface area contributed by atoms with E-state index in [1.54, 1.807) is 12.1 Å². The second-order valence-corrected chi connectivity index (χ2v) is 10.7. The van der Waals surface area contributed by atoms with Crippen LogP contribution in [0.2, 0.25) is 0 Å². The van der Waals surface area contributed by atoms with E-state index in [-0.39, 0.29) is 35.1 Å². The third-order valence-corrected chi connectivity index (χ3v) is 8.00. The van der Waals surface area contributed by atoms with Crippen molar-refractivity contribution in [2.24, 2.45) is 5.92 Å². The van der Waals surface area contributed by atoms with Crippen molar-refractivity contribution in [1.82, 2.24) is 9.62 Å². The lowest BCUT2D eigenvalue weighted by atomic mass is 9.94. The molecule has 0 bridgehead atoms. The highest BCUT2D eigenvalue weighted by atomic mass is 32.2. The Morgan fingerprint density at radius 1 is 0.970 bits per heavy atom. The lowest BCUT2D eigenvalue weighted by Gasteiger charge is -2.31. The fourth-order valence-corrected chi connectivity index (χ4v) is 5.70. The van der Waals surface area contributed by atoms with Gasteiger partial charge in [-0.1, -0.05) is 49.6 Å². The summed E-state index contributed by atoms with van der Waals surface area (Å²) in [6.45, 7) is 0.769. The van der Waals surface area contributed by atoms with Crippen LogP contribution in [0.3, 0.4) is 0 Å². The van der Waals surface area contributed by atoms with Gasteiger partial charge in [-0.3, -0.25) is 9.59 Å². The minimum absolute atomic E-state index is 0.0602. The van der Waals surface area contributed by atoms with Crippen LogP contribution in [0.4, 0.5) is 5.69 Å². The van der Waals surface area contributed by atoms with E-state index in [2.05, 4.69) is 10.0 Å². The number of amides is 2. The quantitative estimate of drug-likeness (QED) is 0.620. The largest absolute Gasteiger partial charge is 0.339 e. The molecule has 2 aromatic carbocycles. The van der Waals surface area contributed by atoms with Gasteiger partial charge in [-0.15, -0.1) is 0 Å². The molecule has 33 heavy (non-hydrogen) atoms. The molecule has 0 radical (unpaired) electrons. The molecule has 1 aliphatic heterocycles. The first-order chi connectivity index (χ1) is 15.9. The van der Waals surface area contributed by atoms with Crippen LogP contribution in [0.15, 0.2) is 59.5 Å². The molecule has 2 N–H and O–H groups in total. The van der Waals surface area contributed by atoms with E-state index in [9.17, 15) is 18.0 Å². The number of likely N-dealkylation sites (tertiary alicyclic amines) is 1. The summed E-state index contributed by atoms with van der Waals surface area (Å²) in [5.74, 6) is -0.509. The number of nitrogens with one attached hydrogen (secondary N) is 2. The van der Waals surface area contributed by atoms with E-state index < -0.39 is 10.0 Å². The van der Waals surface area contributed by atoms with Crippen LogP contribution in [-0.4, -0.2) is 44.3 Å². The number of rotatable bonds is 8. The summed E-state index contributed by atoms with van der Waals surface area (Å²) in [5, 5.41) is 2.84.